The Bertz CT molecular complexity index is 1170. The Morgan fingerprint density at radius 1 is 1.12 bits per heavy atom. The second-order valence-corrected chi connectivity index (χ2v) is 11.7. The van der Waals surface area contributed by atoms with Crippen LogP contribution < -0.4 is 26.1 Å². The first-order chi connectivity index (χ1) is 18.9. The molecule has 41 heavy (non-hydrogen) atoms. The maximum Gasteiger partial charge on any atom is 0.392 e. The zero-order valence-corrected chi connectivity index (χ0v) is 24.1. The molecule has 1 aliphatic heterocycles. The zero-order valence-electron chi connectivity index (χ0n) is 23.2. The molecular formula is C22H36F2N5O11P. The third-order valence-electron chi connectivity index (χ3n) is 5.66. The topological polar surface area (TPSA) is 234 Å². The number of nitrogens with two attached hydrogens (primary N) is 1. The molecule has 0 saturated carbocycles. The van der Waals surface area contributed by atoms with Crippen molar-refractivity contribution in [2.24, 2.45) is 0 Å². The summed E-state index contributed by atoms with van der Waals surface area (Å²) in [5, 5.41) is 34.8. The maximum atomic E-state index is 13.9. The molecule has 2 heterocycles. The maximum absolute atomic E-state index is 13.9. The van der Waals surface area contributed by atoms with E-state index in [2.05, 4.69) is 15.2 Å². The smallest absolute Gasteiger partial charge is 0.392 e. The van der Waals surface area contributed by atoms with Gasteiger partial charge in [-0.2, -0.15) is 4.98 Å². The van der Waals surface area contributed by atoms with Gasteiger partial charge in [-0.3, -0.25) is 14.2 Å². The number of nitrogen functional groups attached to an aromatic ring is 1. The molecule has 1 aromatic heterocycles. The molecule has 7 N–H and O–H groups in total. The third-order valence-corrected chi connectivity index (χ3v) is 7.57. The van der Waals surface area contributed by atoms with Crippen molar-refractivity contribution < 1.29 is 57.0 Å². The highest BCUT2D eigenvalue weighted by molar-refractivity contribution is 7.55. The first-order valence-electron chi connectivity index (χ1n) is 12.4. The van der Waals surface area contributed by atoms with Crippen LogP contribution in [0.2, 0.25) is 0 Å². The van der Waals surface area contributed by atoms with Gasteiger partial charge in [0.2, 0.25) is 0 Å². The summed E-state index contributed by atoms with van der Waals surface area (Å²) in [5.74, 6) is -3.00. The Morgan fingerprint density at radius 3 is 2.00 bits per heavy atom. The summed E-state index contributed by atoms with van der Waals surface area (Å²) in [6.07, 6.45) is -10.4. The van der Waals surface area contributed by atoms with Crippen LogP contribution in [0.3, 0.4) is 0 Å². The minimum absolute atomic E-state index is 0.427. The number of hydrogen-bond acceptors (Lipinski definition) is 13. The van der Waals surface area contributed by atoms with Crippen molar-refractivity contribution in [2.45, 2.75) is 96.3 Å². The van der Waals surface area contributed by atoms with Crippen molar-refractivity contribution in [3.8, 4) is 5.75 Å². The van der Waals surface area contributed by atoms with Crippen molar-refractivity contribution in [1.29, 1.82) is 0 Å². The Morgan fingerprint density at radius 2 is 1.61 bits per heavy atom. The van der Waals surface area contributed by atoms with Gasteiger partial charge >= 0.3 is 25.3 Å². The number of nitrogens with zero attached hydrogens (tertiary/aromatic N) is 2. The quantitative estimate of drug-likeness (QED) is 0.120. The molecule has 2 rings (SSSR count). The van der Waals surface area contributed by atoms with Gasteiger partial charge in [-0.1, -0.05) is 0 Å². The zero-order chi connectivity index (χ0) is 31.4. The van der Waals surface area contributed by atoms with Crippen LogP contribution in [0.15, 0.2) is 11.0 Å². The van der Waals surface area contributed by atoms with Crippen LogP contribution >= 0.6 is 7.67 Å². The third kappa shape index (κ3) is 7.97. The van der Waals surface area contributed by atoms with Crippen molar-refractivity contribution in [3.05, 3.63) is 16.7 Å². The molecule has 1 saturated heterocycles. The summed E-state index contributed by atoms with van der Waals surface area (Å²) in [4.78, 5) is 40.8. The molecule has 0 spiro atoms. The van der Waals surface area contributed by atoms with E-state index in [0.29, 0.717) is 10.8 Å². The number of nitrogens with one attached hydrogen (secondary N) is 2. The molecular weight excluding hydrogens is 579 g/mol. The number of aliphatic hydroxyl groups is 3. The first kappa shape index (κ1) is 34.5. The van der Waals surface area contributed by atoms with Crippen molar-refractivity contribution in [2.75, 3.05) is 12.3 Å². The van der Waals surface area contributed by atoms with Gasteiger partial charge in [0.05, 0.1) is 25.0 Å². The lowest BCUT2D eigenvalue weighted by Crippen LogP contribution is -2.52. The normalized spacial score (nSPS) is 24.5. The van der Waals surface area contributed by atoms with Gasteiger partial charge in [-0.25, -0.2) is 28.3 Å². The molecule has 1 aliphatic rings. The van der Waals surface area contributed by atoms with Gasteiger partial charge in [-0.15, -0.1) is 0 Å². The molecule has 1 fully saturated rings. The van der Waals surface area contributed by atoms with Gasteiger partial charge in [0.15, 0.2) is 23.4 Å². The van der Waals surface area contributed by atoms with E-state index in [1.165, 1.54) is 13.8 Å². The number of anilines is 1. The molecule has 0 radical (unpaired) electrons. The number of alkyl halides is 2. The van der Waals surface area contributed by atoms with E-state index in [1.807, 2.05) is 0 Å². The number of halogens is 2. The lowest BCUT2D eigenvalue weighted by atomic mass is 9.96. The van der Waals surface area contributed by atoms with Crippen LogP contribution in [-0.4, -0.2) is 91.9 Å². The van der Waals surface area contributed by atoms with Gasteiger partial charge in [0, 0.05) is 0 Å². The second kappa shape index (κ2) is 13.5. The van der Waals surface area contributed by atoms with E-state index in [-0.39, 0.29) is 0 Å². The molecule has 0 aromatic carbocycles. The van der Waals surface area contributed by atoms with Gasteiger partial charge in [0.25, 0.3) is 6.43 Å². The molecule has 6 atom stereocenters. The predicted octanol–water partition coefficient (Wildman–Crippen LogP) is -0.581. The summed E-state index contributed by atoms with van der Waals surface area (Å²) < 4.78 is 62.4. The molecule has 0 unspecified atom stereocenters. The largest absolute Gasteiger partial charge is 0.462 e. The Labute approximate surface area is 233 Å². The SMILES string of the molecule is CC(C)OC(=O)[C@H](C)NP(=O)(N[C@@H](C)C(=O)OC(C)C)Oc1cn([C@@H]2O[C@@](CO)(C(F)F)[C@@H](O)[C@H]2O)c(=O)nc1N. The van der Waals surface area contributed by atoms with Crippen LogP contribution in [0.1, 0.15) is 47.8 Å². The highest BCUT2D eigenvalue weighted by Crippen LogP contribution is 2.44. The predicted molar refractivity (Wildman–Crippen MR) is 137 cm³/mol. The summed E-state index contributed by atoms with van der Waals surface area (Å²) in [6.45, 7) is 7.46. The van der Waals surface area contributed by atoms with Crippen molar-refractivity contribution in [3.63, 3.8) is 0 Å². The van der Waals surface area contributed by atoms with E-state index < -0.39 is 98.2 Å². The standard InChI is InChI=1S/C22H36F2N5O11P/c1-9(2)37-18(33)11(5)27-41(36,28-12(6)19(34)38-10(3)4)40-13-7-29(21(35)26-16(13)25)17-14(31)15(32)22(8-30,39-17)20(23)24/h7,9-12,14-15,17,20,30-32H,8H2,1-6H3,(H2,25,26,35)(H2,27,28,36)/t11-,12-,14+,15-,17+,22+/m0/s1. The average Bonchev–Trinajstić information content (AvgIpc) is 3.10. The molecule has 19 heteroatoms. The number of aliphatic hydroxyl groups excluding tert-OH is 3. The van der Waals surface area contributed by atoms with E-state index in [0.717, 1.165) is 0 Å². The number of aromatic nitrogens is 2. The van der Waals surface area contributed by atoms with Crippen LogP contribution in [-0.2, 0) is 28.4 Å². The number of rotatable bonds is 13. The first-order valence-corrected chi connectivity index (χ1v) is 14.1. The summed E-state index contributed by atoms with van der Waals surface area (Å²) in [7, 11) is -4.57. The molecule has 1 aromatic rings. The Balaban J connectivity index is 2.51. The van der Waals surface area contributed by atoms with E-state index >= 15 is 0 Å². The lowest BCUT2D eigenvalue weighted by molar-refractivity contribution is -0.195. The Hall–Kier alpha value is -2.73. The minimum atomic E-state index is -4.57. The van der Waals surface area contributed by atoms with Gasteiger partial charge in [0.1, 0.15) is 24.3 Å². The fraction of sp³-hybridized carbons (Fsp3) is 0.727. The fourth-order valence-corrected chi connectivity index (χ4v) is 5.47. The molecule has 0 bridgehead atoms. The number of carbonyl (C=O) groups is 2. The molecule has 234 valence electrons. The van der Waals surface area contributed by atoms with E-state index in [9.17, 15) is 43.0 Å². The van der Waals surface area contributed by atoms with Crippen LogP contribution in [0, 0.1) is 0 Å². The second-order valence-electron chi connectivity index (χ2n) is 9.85. The summed E-state index contributed by atoms with van der Waals surface area (Å²) in [5.41, 5.74) is 1.58. The number of carbonyl (C=O) groups excluding carboxylic acids is 2. The van der Waals surface area contributed by atoms with Crippen LogP contribution in [0.5, 0.6) is 5.75 Å². The summed E-state index contributed by atoms with van der Waals surface area (Å²) in [6, 6.07) is -2.59. The van der Waals surface area contributed by atoms with E-state index in [4.69, 9.17) is 24.5 Å². The number of esters is 2. The van der Waals surface area contributed by atoms with Crippen LogP contribution in [0.25, 0.3) is 0 Å². The highest BCUT2D eigenvalue weighted by atomic mass is 31.2. The van der Waals surface area contributed by atoms with Gasteiger partial charge < -0.3 is 39.8 Å². The molecule has 0 amide bonds. The number of ether oxygens (including phenoxy) is 3. The molecule has 0 aliphatic carbocycles. The fourth-order valence-electron chi connectivity index (χ4n) is 3.64. The van der Waals surface area contributed by atoms with Crippen LogP contribution in [0.4, 0.5) is 14.6 Å². The Kier molecular flexibility index (Phi) is 11.3. The lowest BCUT2D eigenvalue weighted by Gasteiger charge is -2.29. The molecule has 16 nitrogen and oxygen atoms in total. The van der Waals surface area contributed by atoms with E-state index in [1.54, 1.807) is 27.7 Å². The minimum Gasteiger partial charge on any atom is -0.462 e. The van der Waals surface area contributed by atoms with Crippen molar-refractivity contribution in [1.82, 2.24) is 19.7 Å². The van der Waals surface area contributed by atoms with Gasteiger partial charge in [-0.05, 0) is 41.5 Å². The average molecular weight is 616 g/mol. The highest BCUT2D eigenvalue weighted by Gasteiger charge is 2.60. The monoisotopic (exact) mass is 615 g/mol. The van der Waals surface area contributed by atoms with Crippen molar-refractivity contribution >= 4 is 25.4 Å². The number of hydrogen-bond donors (Lipinski definition) is 6. The summed E-state index contributed by atoms with van der Waals surface area (Å²) >= 11 is 0.